The Bertz CT molecular complexity index is 383. The minimum Gasteiger partial charge on any atom is -0.481 e. The van der Waals surface area contributed by atoms with Gasteiger partial charge in [0.15, 0.2) is 0 Å². The van der Waals surface area contributed by atoms with Crippen LogP contribution >= 0.6 is 0 Å². The van der Waals surface area contributed by atoms with Crippen LogP contribution in [0.25, 0.3) is 0 Å². The third-order valence-electron chi connectivity index (χ3n) is 2.50. The first-order valence-electron chi connectivity index (χ1n) is 5.96. The fourth-order valence-corrected chi connectivity index (χ4v) is 1.40. The Hall–Kier alpha value is -2.16. The second-order valence-corrected chi connectivity index (χ2v) is 4.22. The van der Waals surface area contributed by atoms with E-state index in [-0.39, 0.29) is 32.1 Å². The molecule has 0 bridgehead atoms. The number of carboxylic acids is 3. The summed E-state index contributed by atoms with van der Waals surface area (Å²) in [6.07, 6.45) is -0.561. The Balaban J connectivity index is 4.28. The molecule has 9 heteroatoms. The van der Waals surface area contributed by atoms with Crippen molar-refractivity contribution in [2.45, 2.75) is 44.2 Å². The fraction of sp³-hybridized carbons (Fsp3) is 0.636. The predicted octanol–water partition coefficient (Wildman–Crippen LogP) is -0.997. The van der Waals surface area contributed by atoms with Crippen molar-refractivity contribution in [2.75, 3.05) is 0 Å². The van der Waals surface area contributed by atoms with Gasteiger partial charge in [0.05, 0.1) is 6.04 Å². The molecule has 0 aliphatic heterocycles. The molecule has 0 saturated carbocycles. The molecule has 6 N–H and O–H groups in total. The van der Waals surface area contributed by atoms with Crippen LogP contribution in [0.3, 0.4) is 0 Å². The summed E-state index contributed by atoms with van der Waals surface area (Å²) in [5.41, 5.74) is 5.43. The third-order valence-corrected chi connectivity index (χ3v) is 2.50. The first-order valence-corrected chi connectivity index (χ1v) is 5.96. The summed E-state index contributed by atoms with van der Waals surface area (Å²) >= 11 is 0. The minimum absolute atomic E-state index is 0.0426. The van der Waals surface area contributed by atoms with E-state index in [2.05, 4.69) is 5.32 Å². The monoisotopic (exact) mass is 290 g/mol. The standard InChI is InChI=1S/C11H18N2O7/c12-6(4-5-9(16)17)10(18)13-7(11(19)20)2-1-3-8(14)15/h6-7H,1-5,12H2,(H,13,18)(H,14,15)(H,16,17)(H,19,20)/t6?,7-/m1/s1. The maximum absolute atomic E-state index is 11.6. The zero-order valence-corrected chi connectivity index (χ0v) is 10.7. The van der Waals surface area contributed by atoms with E-state index >= 15 is 0 Å². The number of carbonyl (C=O) groups excluding carboxylic acids is 1. The first-order chi connectivity index (χ1) is 9.23. The lowest BCUT2D eigenvalue weighted by Gasteiger charge is -2.17. The van der Waals surface area contributed by atoms with Crippen LogP contribution in [0, 0.1) is 0 Å². The van der Waals surface area contributed by atoms with Crippen molar-refractivity contribution in [2.24, 2.45) is 5.73 Å². The van der Waals surface area contributed by atoms with Crippen LogP contribution in [0.2, 0.25) is 0 Å². The average molecular weight is 290 g/mol. The molecule has 114 valence electrons. The van der Waals surface area contributed by atoms with Gasteiger partial charge in [-0.2, -0.15) is 0 Å². The van der Waals surface area contributed by atoms with E-state index in [0.717, 1.165) is 0 Å². The van der Waals surface area contributed by atoms with Gasteiger partial charge in [0.25, 0.3) is 0 Å². The molecule has 0 aliphatic rings. The number of nitrogens with two attached hydrogens (primary N) is 1. The topological polar surface area (TPSA) is 167 Å². The van der Waals surface area contributed by atoms with Crippen molar-refractivity contribution in [3.8, 4) is 0 Å². The van der Waals surface area contributed by atoms with Crippen LogP contribution in [0.15, 0.2) is 0 Å². The van der Waals surface area contributed by atoms with Gasteiger partial charge in [-0.1, -0.05) is 0 Å². The molecule has 0 aromatic carbocycles. The Kier molecular flexibility index (Phi) is 7.90. The third kappa shape index (κ3) is 8.03. The van der Waals surface area contributed by atoms with E-state index < -0.39 is 35.9 Å². The summed E-state index contributed by atoms with van der Waals surface area (Å²) in [7, 11) is 0. The summed E-state index contributed by atoms with van der Waals surface area (Å²) in [5, 5.41) is 27.9. The Morgan fingerprint density at radius 1 is 0.950 bits per heavy atom. The SMILES string of the molecule is NC(CCC(=O)O)C(=O)N[C@H](CCCC(=O)O)C(=O)O. The zero-order chi connectivity index (χ0) is 15.7. The van der Waals surface area contributed by atoms with E-state index in [1.807, 2.05) is 0 Å². The van der Waals surface area contributed by atoms with Crippen LogP contribution in [0.4, 0.5) is 0 Å². The normalized spacial score (nSPS) is 13.2. The molecular formula is C11H18N2O7. The molecule has 2 atom stereocenters. The maximum Gasteiger partial charge on any atom is 0.326 e. The van der Waals surface area contributed by atoms with Gasteiger partial charge >= 0.3 is 17.9 Å². The number of carbonyl (C=O) groups is 4. The minimum atomic E-state index is -1.30. The molecule has 0 spiro atoms. The number of nitrogens with one attached hydrogen (secondary N) is 1. The van der Waals surface area contributed by atoms with E-state index in [1.54, 1.807) is 0 Å². The molecule has 0 radical (unpaired) electrons. The van der Waals surface area contributed by atoms with Gasteiger partial charge in [0.2, 0.25) is 5.91 Å². The number of hydrogen-bond donors (Lipinski definition) is 5. The predicted molar refractivity (Wildman–Crippen MR) is 65.9 cm³/mol. The van der Waals surface area contributed by atoms with Gasteiger partial charge < -0.3 is 26.4 Å². The highest BCUT2D eigenvalue weighted by atomic mass is 16.4. The number of amides is 1. The molecule has 0 aromatic rings. The molecule has 20 heavy (non-hydrogen) atoms. The van der Waals surface area contributed by atoms with Crippen molar-refractivity contribution in [1.29, 1.82) is 0 Å². The van der Waals surface area contributed by atoms with Crippen LogP contribution in [-0.2, 0) is 19.2 Å². The number of hydrogen-bond acceptors (Lipinski definition) is 5. The quantitative estimate of drug-likeness (QED) is 0.341. The van der Waals surface area contributed by atoms with Crippen molar-refractivity contribution >= 4 is 23.8 Å². The zero-order valence-electron chi connectivity index (χ0n) is 10.7. The summed E-state index contributed by atoms with van der Waals surface area (Å²) in [4.78, 5) is 43.1. The van der Waals surface area contributed by atoms with E-state index in [0.29, 0.717) is 0 Å². The van der Waals surface area contributed by atoms with Crippen LogP contribution < -0.4 is 11.1 Å². The molecule has 0 aliphatic carbocycles. The summed E-state index contributed by atoms with van der Waals surface area (Å²) < 4.78 is 0. The Morgan fingerprint density at radius 2 is 1.50 bits per heavy atom. The highest BCUT2D eigenvalue weighted by Crippen LogP contribution is 2.03. The average Bonchev–Trinajstić information content (AvgIpc) is 2.33. The number of aliphatic carboxylic acids is 3. The van der Waals surface area contributed by atoms with Gasteiger partial charge in [0.1, 0.15) is 6.04 Å². The maximum atomic E-state index is 11.6. The van der Waals surface area contributed by atoms with E-state index in [1.165, 1.54) is 0 Å². The lowest BCUT2D eigenvalue weighted by molar-refractivity contribution is -0.143. The Labute approximate surface area is 114 Å². The van der Waals surface area contributed by atoms with Crippen molar-refractivity contribution in [1.82, 2.24) is 5.32 Å². The lowest BCUT2D eigenvalue weighted by Crippen LogP contribution is -2.48. The largest absolute Gasteiger partial charge is 0.481 e. The first kappa shape index (κ1) is 17.8. The molecule has 9 nitrogen and oxygen atoms in total. The smallest absolute Gasteiger partial charge is 0.326 e. The lowest BCUT2D eigenvalue weighted by atomic mass is 10.1. The highest BCUT2D eigenvalue weighted by molar-refractivity contribution is 5.87. The van der Waals surface area contributed by atoms with Gasteiger partial charge in [-0.3, -0.25) is 14.4 Å². The molecule has 1 amide bonds. The van der Waals surface area contributed by atoms with Crippen LogP contribution in [0.5, 0.6) is 0 Å². The van der Waals surface area contributed by atoms with Crippen LogP contribution in [0.1, 0.15) is 32.1 Å². The van der Waals surface area contributed by atoms with Crippen LogP contribution in [-0.4, -0.2) is 51.2 Å². The van der Waals surface area contributed by atoms with Crippen molar-refractivity contribution in [3.05, 3.63) is 0 Å². The highest BCUT2D eigenvalue weighted by Gasteiger charge is 2.23. The van der Waals surface area contributed by atoms with Gasteiger partial charge in [0, 0.05) is 12.8 Å². The van der Waals surface area contributed by atoms with Crippen molar-refractivity contribution < 1.29 is 34.5 Å². The Morgan fingerprint density at radius 3 is 1.95 bits per heavy atom. The summed E-state index contributed by atoms with van der Waals surface area (Å²) in [6, 6.07) is -2.36. The molecular weight excluding hydrogens is 272 g/mol. The number of rotatable bonds is 10. The molecule has 0 fully saturated rings. The molecule has 0 rings (SSSR count). The molecule has 1 unspecified atom stereocenters. The van der Waals surface area contributed by atoms with Gasteiger partial charge in [-0.25, -0.2) is 4.79 Å². The summed E-state index contributed by atoms with van der Waals surface area (Å²) in [6.45, 7) is 0. The fourth-order valence-electron chi connectivity index (χ4n) is 1.40. The molecule has 0 aromatic heterocycles. The second kappa shape index (κ2) is 8.86. The number of carboxylic acid groups (broad SMARTS) is 3. The van der Waals surface area contributed by atoms with Gasteiger partial charge in [-0.15, -0.1) is 0 Å². The second-order valence-electron chi connectivity index (χ2n) is 4.22. The molecule has 0 heterocycles. The van der Waals surface area contributed by atoms with E-state index in [4.69, 9.17) is 21.1 Å². The van der Waals surface area contributed by atoms with Gasteiger partial charge in [-0.05, 0) is 19.3 Å². The summed E-state index contributed by atoms with van der Waals surface area (Å²) in [5.74, 6) is -4.23. The van der Waals surface area contributed by atoms with E-state index in [9.17, 15) is 19.2 Å². The van der Waals surface area contributed by atoms with Crippen molar-refractivity contribution in [3.63, 3.8) is 0 Å². The molecule has 0 saturated heterocycles.